The van der Waals surface area contributed by atoms with Gasteiger partial charge in [0.15, 0.2) is 0 Å². The molecule has 0 spiro atoms. The van der Waals surface area contributed by atoms with Crippen LogP contribution in [0.4, 0.5) is 4.79 Å². The predicted octanol–water partition coefficient (Wildman–Crippen LogP) is 2.41. The van der Waals surface area contributed by atoms with E-state index in [-0.39, 0.29) is 0 Å². The summed E-state index contributed by atoms with van der Waals surface area (Å²) in [5.41, 5.74) is 0.558. The minimum absolute atomic E-state index is 0.405. The quantitative estimate of drug-likeness (QED) is 0.893. The maximum atomic E-state index is 11.2. The molecule has 0 aliphatic heterocycles. The molecule has 1 heterocycles. The molecular formula is C13H20N2O3. The lowest BCUT2D eigenvalue weighted by Gasteiger charge is -2.33. The van der Waals surface area contributed by atoms with Crippen molar-refractivity contribution in [3.05, 3.63) is 24.0 Å². The Kier molecular flexibility index (Phi) is 4.53. The van der Waals surface area contributed by atoms with Gasteiger partial charge in [0.25, 0.3) is 0 Å². The van der Waals surface area contributed by atoms with Gasteiger partial charge in [-0.25, -0.2) is 4.79 Å². The number of amides is 1. The first kappa shape index (κ1) is 14.3. The van der Waals surface area contributed by atoms with Crippen LogP contribution in [0.25, 0.3) is 0 Å². The van der Waals surface area contributed by atoms with Crippen molar-refractivity contribution < 1.29 is 14.6 Å². The highest BCUT2D eigenvalue weighted by Gasteiger charge is 2.25. The largest absolute Gasteiger partial charge is 0.495 e. The van der Waals surface area contributed by atoms with Crippen LogP contribution in [0.3, 0.4) is 0 Å². The standard InChI is InChI=1S/C13H20N2O3/c1-13(2,3)15(12(16)17)6-5-10-7-11(18-4)9-14-8-10/h7-9H,5-6H2,1-4H3,(H,16,17). The van der Waals surface area contributed by atoms with Crippen molar-refractivity contribution in [3.8, 4) is 5.75 Å². The number of hydrogen-bond acceptors (Lipinski definition) is 3. The molecule has 1 rings (SSSR count). The van der Waals surface area contributed by atoms with Crippen molar-refractivity contribution in [2.24, 2.45) is 0 Å². The van der Waals surface area contributed by atoms with Crippen LogP contribution in [0.1, 0.15) is 26.3 Å². The van der Waals surface area contributed by atoms with E-state index < -0.39 is 11.6 Å². The van der Waals surface area contributed by atoms with E-state index in [1.807, 2.05) is 26.8 Å². The van der Waals surface area contributed by atoms with Gasteiger partial charge in [0.2, 0.25) is 0 Å². The van der Waals surface area contributed by atoms with Gasteiger partial charge in [0, 0.05) is 18.3 Å². The van der Waals surface area contributed by atoms with Gasteiger partial charge in [-0.05, 0) is 38.8 Å². The fraction of sp³-hybridized carbons (Fsp3) is 0.538. The number of rotatable bonds is 4. The van der Waals surface area contributed by atoms with E-state index in [4.69, 9.17) is 4.74 Å². The Bertz CT molecular complexity index is 413. The molecule has 0 aliphatic carbocycles. The zero-order chi connectivity index (χ0) is 13.8. The highest BCUT2D eigenvalue weighted by atomic mass is 16.5. The summed E-state index contributed by atoms with van der Waals surface area (Å²) in [5.74, 6) is 0.685. The normalized spacial score (nSPS) is 11.1. The van der Waals surface area contributed by atoms with Crippen LogP contribution in [0.2, 0.25) is 0 Å². The Morgan fingerprint density at radius 3 is 2.61 bits per heavy atom. The molecule has 1 amide bonds. The van der Waals surface area contributed by atoms with E-state index in [0.717, 1.165) is 5.56 Å². The molecule has 0 fully saturated rings. The van der Waals surface area contributed by atoms with Gasteiger partial charge in [0.1, 0.15) is 5.75 Å². The van der Waals surface area contributed by atoms with Gasteiger partial charge >= 0.3 is 6.09 Å². The van der Waals surface area contributed by atoms with E-state index in [2.05, 4.69) is 4.98 Å². The summed E-state index contributed by atoms with van der Waals surface area (Å²) in [4.78, 5) is 16.6. The second kappa shape index (κ2) is 5.71. The maximum absolute atomic E-state index is 11.2. The number of methoxy groups -OCH3 is 1. The van der Waals surface area contributed by atoms with Gasteiger partial charge in [-0.3, -0.25) is 4.98 Å². The van der Waals surface area contributed by atoms with Crippen LogP contribution < -0.4 is 4.74 Å². The monoisotopic (exact) mass is 252 g/mol. The molecule has 0 aromatic carbocycles. The molecule has 5 nitrogen and oxygen atoms in total. The van der Waals surface area contributed by atoms with Crippen molar-refractivity contribution in [1.82, 2.24) is 9.88 Å². The number of pyridine rings is 1. The Morgan fingerprint density at radius 2 is 2.11 bits per heavy atom. The number of nitrogens with zero attached hydrogens (tertiary/aromatic N) is 2. The van der Waals surface area contributed by atoms with Gasteiger partial charge in [-0.1, -0.05) is 0 Å². The highest BCUT2D eigenvalue weighted by molar-refractivity contribution is 5.66. The predicted molar refractivity (Wildman–Crippen MR) is 69.0 cm³/mol. The molecule has 18 heavy (non-hydrogen) atoms. The third-order valence-corrected chi connectivity index (χ3v) is 2.67. The van der Waals surface area contributed by atoms with Gasteiger partial charge in [0.05, 0.1) is 13.3 Å². The number of carbonyl (C=O) groups is 1. The highest BCUT2D eigenvalue weighted by Crippen LogP contribution is 2.16. The molecule has 5 heteroatoms. The third-order valence-electron chi connectivity index (χ3n) is 2.67. The average Bonchev–Trinajstić information content (AvgIpc) is 2.27. The molecule has 1 aromatic heterocycles. The van der Waals surface area contributed by atoms with E-state index in [1.54, 1.807) is 19.5 Å². The smallest absolute Gasteiger partial charge is 0.407 e. The molecule has 0 saturated carbocycles. The summed E-state index contributed by atoms with van der Waals surface area (Å²) in [6.45, 7) is 6.08. The minimum Gasteiger partial charge on any atom is -0.495 e. The summed E-state index contributed by atoms with van der Waals surface area (Å²) < 4.78 is 5.08. The first-order valence-corrected chi connectivity index (χ1v) is 5.83. The van der Waals surface area contributed by atoms with E-state index in [1.165, 1.54) is 4.90 Å². The molecule has 1 N–H and O–H groups in total. The first-order chi connectivity index (χ1) is 8.34. The fourth-order valence-corrected chi connectivity index (χ4v) is 1.67. The molecule has 0 atom stereocenters. The number of ether oxygens (including phenoxy) is 1. The van der Waals surface area contributed by atoms with Crippen molar-refractivity contribution in [3.63, 3.8) is 0 Å². The number of aromatic nitrogens is 1. The van der Waals surface area contributed by atoms with Crippen LogP contribution >= 0.6 is 0 Å². The molecular weight excluding hydrogens is 232 g/mol. The van der Waals surface area contributed by atoms with Crippen LogP contribution in [-0.4, -0.2) is 40.3 Å². The summed E-state index contributed by atoms with van der Waals surface area (Å²) in [5, 5.41) is 9.17. The van der Waals surface area contributed by atoms with Gasteiger partial charge in [-0.15, -0.1) is 0 Å². The maximum Gasteiger partial charge on any atom is 0.407 e. The Labute approximate surface area is 107 Å². The van der Waals surface area contributed by atoms with E-state index in [9.17, 15) is 9.90 Å². The third kappa shape index (κ3) is 3.91. The van der Waals surface area contributed by atoms with Crippen molar-refractivity contribution >= 4 is 6.09 Å². The van der Waals surface area contributed by atoms with E-state index in [0.29, 0.717) is 18.7 Å². The second-order valence-corrected chi connectivity index (χ2v) is 5.09. The molecule has 0 radical (unpaired) electrons. The van der Waals surface area contributed by atoms with Gasteiger partial charge in [-0.2, -0.15) is 0 Å². The van der Waals surface area contributed by atoms with Crippen molar-refractivity contribution in [1.29, 1.82) is 0 Å². The van der Waals surface area contributed by atoms with Crippen molar-refractivity contribution in [2.45, 2.75) is 32.7 Å². The summed E-state index contributed by atoms with van der Waals surface area (Å²) in [7, 11) is 1.58. The van der Waals surface area contributed by atoms with Crippen molar-refractivity contribution in [2.75, 3.05) is 13.7 Å². The zero-order valence-corrected chi connectivity index (χ0v) is 11.3. The summed E-state index contributed by atoms with van der Waals surface area (Å²) in [6, 6.07) is 1.87. The number of hydrogen-bond donors (Lipinski definition) is 1. The van der Waals surface area contributed by atoms with Crippen LogP contribution in [0, 0.1) is 0 Å². The molecule has 0 saturated heterocycles. The second-order valence-electron chi connectivity index (χ2n) is 5.09. The summed E-state index contributed by atoms with van der Waals surface area (Å²) >= 11 is 0. The lowest BCUT2D eigenvalue weighted by Crippen LogP contribution is -2.45. The Morgan fingerprint density at radius 1 is 1.44 bits per heavy atom. The Hall–Kier alpha value is -1.78. The fourth-order valence-electron chi connectivity index (χ4n) is 1.67. The zero-order valence-electron chi connectivity index (χ0n) is 11.3. The minimum atomic E-state index is -0.904. The van der Waals surface area contributed by atoms with Crippen LogP contribution in [-0.2, 0) is 6.42 Å². The molecule has 1 aromatic rings. The summed E-state index contributed by atoms with van der Waals surface area (Å²) in [6.07, 6.45) is 3.07. The topological polar surface area (TPSA) is 62.7 Å². The lowest BCUT2D eigenvalue weighted by molar-refractivity contribution is 0.101. The van der Waals surface area contributed by atoms with Crippen LogP contribution in [0.5, 0.6) is 5.75 Å². The lowest BCUT2D eigenvalue weighted by atomic mass is 10.1. The molecule has 100 valence electrons. The Balaban J connectivity index is 2.70. The van der Waals surface area contributed by atoms with E-state index >= 15 is 0 Å². The average molecular weight is 252 g/mol. The van der Waals surface area contributed by atoms with Gasteiger partial charge < -0.3 is 14.7 Å². The molecule has 0 unspecified atom stereocenters. The molecule has 0 aliphatic rings. The SMILES string of the molecule is COc1cncc(CCN(C(=O)O)C(C)(C)C)c1. The van der Waals surface area contributed by atoms with Crippen LogP contribution in [0.15, 0.2) is 18.5 Å². The molecule has 0 bridgehead atoms. The first-order valence-electron chi connectivity index (χ1n) is 5.83. The number of carboxylic acid groups (broad SMARTS) is 1.